The van der Waals surface area contributed by atoms with Crippen LogP contribution in [-0.2, 0) is 5.41 Å². The van der Waals surface area contributed by atoms with E-state index in [1.807, 2.05) is 60.7 Å². The predicted molar refractivity (Wildman–Crippen MR) is 87.7 cm³/mol. The van der Waals surface area contributed by atoms with Crippen LogP contribution in [0.25, 0.3) is 0 Å². The van der Waals surface area contributed by atoms with Crippen LogP contribution in [0.1, 0.15) is 17.5 Å². The SMILES string of the molecule is N#CC(c1ccccc1)(c1ccccc1)C1CCN(SF)C1. The van der Waals surface area contributed by atoms with E-state index in [4.69, 9.17) is 0 Å². The summed E-state index contributed by atoms with van der Waals surface area (Å²) in [6, 6.07) is 22.3. The molecule has 1 saturated heterocycles. The molecule has 0 radical (unpaired) electrons. The molecule has 1 atom stereocenters. The quantitative estimate of drug-likeness (QED) is 0.785. The molecule has 0 aliphatic carbocycles. The van der Waals surface area contributed by atoms with Crippen LogP contribution in [0, 0.1) is 17.2 Å². The Morgan fingerprint density at radius 3 is 2.00 bits per heavy atom. The van der Waals surface area contributed by atoms with Crippen molar-refractivity contribution < 1.29 is 3.89 Å². The van der Waals surface area contributed by atoms with Crippen molar-refractivity contribution in [3.63, 3.8) is 0 Å². The first-order valence-electron chi connectivity index (χ1n) is 7.37. The number of rotatable bonds is 4. The first-order chi connectivity index (χ1) is 10.8. The normalized spacial score (nSPS) is 19.0. The molecule has 0 aromatic heterocycles. The molecule has 4 heteroatoms. The van der Waals surface area contributed by atoms with Gasteiger partial charge >= 0.3 is 0 Å². The maximum atomic E-state index is 12.9. The number of nitriles is 1. The lowest BCUT2D eigenvalue weighted by Crippen LogP contribution is -2.36. The Balaban J connectivity index is 2.12. The van der Waals surface area contributed by atoms with Crippen LogP contribution in [0.5, 0.6) is 0 Å². The van der Waals surface area contributed by atoms with Crippen LogP contribution in [0.15, 0.2) is 60.7 Å². The fourth-order valence-electron chi connectivity index (χ4n) is 3.40. The zero-order valence-electron chi connectivity index (χ0n) is 12.2. The highest BCUT2D eigenvalue weighted by Gasteiger charge is 2.45. The smallest absolute Gasteiger partial charge is 0.134 e. The van der Waals surface area contributed by atoms with Gasteiger partial charge in [0.05, 0.1) is 6.07 Å². The number of halogens is 1. The van der Waals surface area contributed by atoms with Crippen LogP contribution < -0.4 is 0 Å². The summed E-state index contributed by atoms with van der Waals surface area (Å²) in [4.78, 5) is 0. The fraction of sp³-hybridized carbons (Fsp3) is 0.278. The van der Waals surface area contributed by atoms with E-state index in [0.29, 0.717) is 13.1 Å². The van der Waals surface area contributed by atoms with Gasteiger partial charge in [0, 0.05) is 19.0 Å². The number of nitrogens with zero attached hydrogens (tertiary/aromatic N) is 2. The third-order valence-electron chi connectivity index (χ3n) is 4.50. The van der Waals surface area contributed by atoms with Gasteiger partial charge in [-0.25, -0.2) is 4.31 Å². The minimum absolute atomic E-state index is 0.0746. The first kappa shape index (κ1) is 15.1. The van der Waals surface area contributed by atoms with Gasteiger partial charge in [-0.1, -0.05) is 60.7 Å². The third kappa shape index (κ3) is 2.51. The van der Waals surface area contributed by atoms with Gasteiger partial charge in [-0.2, -0.15) is 5.26 Å². The monoisotopic (exact) mass is 312 g/mol. The first-order valence-corrected chi connectivity index (χ1v) is 8.04. The summed E-state index contributed by atoms with van der Waals surface area (Å²) < 4.78 is 14.6. The molecule has 3 rings (SSSR count). The Bertz CT molecular complexity index is 614. The number of benzene rings is 2. The Labute approximate surface area is 135 Å². The molecule has 1 aliphatic rings. The molecule has 1 heterocycles. The fourth-order valence-corrected chi connectivity index (χ4v) is 3.82. The Morgan fingerprint density at radius 1 is 1.05 bits per heavy atom. The summed E-state index contributed by atoms with van der Waals surface area (Å²) in [7, 11) is 0. The van der Waals surface area contributed by atoms with E-state index in [1.165, 1.54) is 0 Å². The molecular weight excluding hydrogens is 295 g/mol. The van der Waals surface area contributed by atoms with Gasteiger partial charge in [-0.3, -0.25) is 0 Å². The average molecular weight is 312 g/mol. The standard InChI is InChI=1S/C18H17FN2S/c19-22-21-12-11-17(13-21)18(14-20,15-7-3-1-4-8-15)16-9-5-2-6-10-16/h1-10,17H,11-13H2. The average Bonchev–Trinajstić information content (AvgIpc) is 3.08. The number of hydrogen-bond acceptors (Lipinski definition) is 3. The molecular formula is C18H17FN2S. The van der Waals surface area contributed by atoms with E-state index in [-0.39, 0.29) is 18.3 Å². The highest BCUT2D eigenvalue weighted by molar-refractivity contribution is 7.91. The maximum absolute atomic E-state index is 12.9. The molecule has 2 aromatic carbocycles. The molecule has 2 nitrogen and oxygen atoms in total. The van der Waals surface area contributed by atoms with Crippen molar-refractivity contribution in [2.45, 2.75) is 11.8 Å². The van der Waals surface area contributed by atoms with E-state index in [9.17, 15) is 9.15 Å². The van der Waals surface area contributed by atoms with Crippen LogP contribution in [-0.4, -0.2) is 17.4 Å². The Hall–Kier alpha value is -1.83. The molecule has 0 amide bonds. The van der Waals surface area contributed by atoms with Gasteiger partial charge in [0.1, 0.15) is 17.7 Å². The molecule has 2 aromatic rings. The van der Waals surface area contributed by atoms with E-state index >= 15 is 0 Å². The Kier molecular flexibility index (Phi) is 4.47. The third-order valence-corrected chi connectivity index (χ3v) is 5.02. The summed E-state index contributed by atoms with van der Waals surface area (Å²) in [5.41, 5.74) is 1.24. The van der Waals surface area contributed by atoms with Gasteiger partial charge in [0.2, 0.25) is 0 Å². The molecule has 22 heavy (non-hydrogen) atoms. The van der Waals surface area contributed by atoms with Gasteiger partial charge < -0.3 is 0 Å². The topological polar surface area (TPSA) is 27.0 Å². The molecule has 1 aliphatic heterocycles. The number of hydrogen-bond donors (Lipinski definition) is 0. The lowest BCUT2D eigenvalue weighted by atomic mass is 9.66. The molecule has 0 bridgehead atoms. The second-order valence-electron chi connectivity index (χ2n) is 5.59. The van der Waals surface area contributed by atoms with Crippen LogP contribution >= 0.6 is 12.3 Å². The van der Waals surface area contributed by atoms with Crippen molar-refractivity contribution >= 4 is 12.3 Å². The van der Waals surface area contributed by atoms with Crippen molar-refractivity contribution in [2.24, 2.45) is 5.92 Å². The Morgan fingerprint density at radius 2 is 1.59 bits per heavy atom. The molecule has 1 fully saturated rings. The molecule has 0 spiro atoms. The minimum atomic E-state index is -0.729. The summed E-state index contributed by atoms with van der Waals surface area (Å²) in [5, 5.41) is 10.1. The van der Waals surface area contributed by atoms with Crippen molar-refractivity contribution in [3.8, 4) is 6.07 Å². The van der Waals surface area contributed by atoms with Crippen molar-refractivity contribution in [2.75, 3.05) is 13.1 Å². The molecule has 0 N–H and O–H groups in total. The second-order valence-corrected chi connectivity index (χ2v) is 6.25. The highest BCUT2D eigenvalue weighted by atomic mass is 32.2. The zero-order valence-corrected chi connectivity index (χ0v) is 13.0. The van der Waals surface area contributed by atoms with Crippen molar-refractivity contribution in [1.82, 2.24) is 4.31 Å². The van der Waals surface area contributed by atoms with E-state index < -0.39 is 5.41 Å². The van der Waals surface area contributed by atoms with Crippen LogP contribution in [0.4, 0.5) is 3.89 Å². The summed E-state index contributed by atoms with van der Waals surface area (Å²) in [5.74, 6) is 0.0746. The van der Waals surface area contributed by atoms with Crippen LogP contribution in [0.2, 0.25) is 0 Å². The molecule has 0 saturated carbocycles. The van der Waals surface area contributed by atoms with E-state index in [0.717, 1.165) is 17.5 Å². The van der Waals surface area contributed by atoms with Crippen LogP contribution in [0.3, 0.4) is 0 Å². The second kappa shape index (κ2) is 6.51. The summed E-state index contributed by atoms with van der Waals surface area (Å²) in [6.07, 6.45) is 0.814. The predicted octanol–water partition coefficient (Wildman–Crippen LogP) is 4.35. The lowest BCUT2D eigenvalue weighted by molar-refractivity contribution is 0.404. The largest absolute Gasteiger partial charge is 0.222 e. The van der Waals surface area contributed by atoms with E-state index in [2.05, 4.69) is 6.07 Å². The summed E-state index contributed by atoms with van der Waals surface area (Å²) >= 11 is 0.277. The van der Waals surface area contributed by atoms with E-state index in [1.54, 1.807) is 4.31 Å². The van der Waals surface area contributed by atoms with Crippen molar-refractivity contribution in [1.29, 1.82) is 5.26 Å². The van der Waals surface area contributed by atoms with Crippen molar-refractivity contribution in [3.05, 3.63) is 71.8 Å². The van der Waals surface area contributed by atoms with Gasteiger partial charge in [0.15, 0.2) is 0 Å². The maximum Gasteiger partial charge on any atom is 0.134 e. The van der Waals surface area contributed by atoms with Gasteiger partial charge in [0.25, 0.3) is 0 Å². The highest BCUT2D eigenvalue weighted by Crippen LogP contribution is 2.44. The minimum Gasteiger partial charge on any atom is -0.222 e. The lowest BCUT2D eigenvalue weighted by Gasteiger charge is -2.33. The van der Waals surface area contributed by atoms with Gasteiger partial charge in [-0.15, -0.1) is 3.89 Å². The summed E-state index contributed by atoms with van der Waals surface area (Å²) in [6.45, 7) is 1.26. The molecule has 112 valence electrons. The zero-order chi connectivity index (χ0) is 15.4. The molecule has 1 unspecified atom stereocenters. The van der Waals surface area contributed by atoms with Gasteiger partial charge in [-0.05, 0) is 17.5 Å².